The predicted molar refractivity (Wildman–Crippen MR) is 112 cm³/mol. The van der Waals surface area contributed by atoms with E-state index < -0.39 is 0 Å². The first kappa shape index (κ1) is 18.9. The van der Waals surface area contributed by atoms with Crippen molar-refractivity contribution in [2.75, 3.05) is 11.9 Å². The minimum absolute atomic E-state index is 0.220. The molecule has 0 aliphatic rings. The quantitative estimate of drug-likeness (QED) is 0.578. The molecule has 27 heavy (non-hydrogen) atoms. The maximum atomic E-state index is 12.2. The van der Waals surface area contributed by atoms with Gasteiger partial charge in [-0.2, -0.15) is 0 Å². The number of nitrogens with one attached hydrogen (secondary N) is 1. The molecule has 1 heterocycles. The van der Waals surface area contributed by atoms with E-state index in [1.807, 2.05) is 42.6 Å². The van der Waals surface area contributed by atoms with Crippen molar-refractivity contribution in [1.82, 2.24) is 4.98 Å². The molecular formula is C22H22N2O2S. The molecule has 138 valence electrons. The summed E-state index contributed by atoms with van der Waals surface area (Å²) in [6, 6.07) is 13.9. The van der Waals surface area contributed by atoms with Gasteiger partial charge >= 0.3 is 0 Å². The van der Waals surface area contributed by atoms with Crippen molar-refractivity contribution in [3.63, 3.8) is 0 Å². The third-order valence-electron chi connectivity index (χ3n) is 4.17. The minimum Gasteiger partial charge on any atom is -0.493 e. The second kappa shape index (κ2) is 8.64. The molecule has 3 aromatic rings. The van der Waals surface area contributed by atoms with Crippen LogP contribution in [0.4, 0.5) is 5.13 Å². The summed E-state index contributed by atoms with van der Waals surface area (Å²) in [6.07, 6.45) is 3.24. The Hall–Kier alpha value is -2.92. The zero-order valence-electron chi connectivity index (χ0n) is 15.7. The van der Waals surface area contributed by atoms with E-state index in [-0.39, 0.29) is 5.91 Å². The van der Waals surface area contributed by atoms with Gasteiger partial charge in [0, 0.05) is 22.6 Å². The molecule has 0 aliphatic carbocycles. The highest BCUT2D eigenvalue weighted by atomic mass is 32.1. The average molecular weight is 378 g/mol. The van der Waals surface area contributed by atoms with Gasteiger partial charge in [0.1, 0.15) is 5.75 Å². The molecule has 0 saturated heterocycles. The summed E-state index contributed by atoms with van der Waals surface area (Å²) in [5, 5.41) is 5.35. The second-order valence-corrected chi connectivity index (χ2v) is 6.99. The van der Waals surface area contributed by atoms with Crippen LogP contribution in [-0.2, 0) is 4.79 Å². The summed E-state index contributed by atoms with van der Waals surface area (Å²) >= 11 is 1.41. The molecule has 3 rings (SSSR count). The van der Waals surface area contributed by atoms with Crippen LogP contribution >= 0.6 is 11.3 Å². The lowest BCUT2D eigenvalue weighted by Crippen LogP contribution is -2.07. The van der Waals surface area contributed by atoms with Crippen molar-refractivity contribution >= 4 is 28.5 Å². The smallest absolute Gasteiger partial charge is 0.250 e. The monoisotopic (exact) mass is 378 g/mol. The lowest BCUT2D eigenvalue weighted by Gasteiger charge is -2.06. The summed E-state index contributed by atoms with van der Waals surface area (Å²) in [4.78, 5) is 16.7. The lowest BCUT2D eigenvalue weighted by molar-refractivity contribution is -0.111. The van der Waals surface area contributed by atoms with Gasteiger partial charge in [-0.15, -0.1) is 11.3 Å². The number of hydrogen-bond acceptors (Lipinski definition) is 4. The summed E-state index contributed by atoms with van der Waals surface area (Å²) in [7, 11) is 0. The first-order valence-electron chi connectivity index (χ1n) is 8.81. The predicted octanol–water partition coefficient (Wildman–Crippen LogP) is 5.48. The molecule has 0 atom stereocenters. The van der Waals surface area contributed by atoms with Gasteiger partial charge in [0.15, 0.2) is 5.13 Å². The summed E-state index contributed by atoms with van der Waals surface area (Å²) < 4.78 is 5.56. The molecule has 1 aromatic heterocycles. The van der Waals surface area contributed by atoms with Gasteiger partial charge in [-0.1, -0.05) is 30.3 Å². The minimum atomic E-state index is -0.220. The van der Waals surface area contributed by atoms with Crippen LogP contribution in [-0.4, -0.2) is 17.5 Å². The highest BCUT2D eigenvalue weighted by Crippen LogP contribution is 2.26. The molecule has 4 nitrogen and oxygen atoms in total. The van der Waals surface area contributed by atoms with E-state index in [0.29, 0.717) is 11.7 Å². The number of thiazole rings is 1. The normalized spacial score (nSPS) is 10.9. The number of aromatic nitrogens is 1. The Kier molecular flexibility index (Phi) is 6.04. The van der Waals surface area contributed by atoms with Gasteiger partial charge in [-0.25, -0.2) is 4.98 Å². The van der Waals surface area contributed by atoms with Crippen LogP contribution in [0.15, 0.2) is 53.9 Å². The maximum Gasteiger partial charge on any atom is 0.250 e. The molecule has 0 saturated carbocycles. The lowest BCUT2D eigenvalue weighted by atomic mass is 10.1. The Bertz CT molecular complexity index is 976. The zero-order chi connectivity index (χ0) is 19.2. The van der Waals surface area contributed by atoms with Crippen molar-refractivity contribution in [2.45, 2.75) is 20.8 Å². The van der Waals surface area contributed by atoms with Gasteiger partial charge in [-0.3, -0.25) is 10.1 Å². The Balaban J connectivity index is 1.68. The van der Waals surface area contributed by atoms with E-state index in [0.717, 1.165) is 22.6 Å². The van der Waals surface area contributed by atoms with Gasteiger partial charge in [0.25, 0.3) is 0 Å². The molecule has 0 aliphatic heterocycles. The second-order valence-electron chi connectivity index (χ2n) is 6.13. The zero-order valence-corrected chi connectivity index (χ0v) is 16.5. The fourth-order valence-corrected chi connectivity index (χ4v) is 3.30. The van der Waals surface area contributed by atoms with E-state index in [1.165, 1.54) is 28.5 Å². The molecular weight excluding hydrogens is 356 g/mol. The first-order chi connectivity index (χ1) is 13.1. The highest BCUT2D eigenvalue weighted by molar-refractivity contribution is 7.14. The van der Waals surface area contributed by atoms with E-state index in [9.17, 15) is 4.79 Å². The topological polar surface area (TPSA) is 51.2 Å². The highest BCUT2D eigenvalue weighted by Gasteiger charge is 2.08. The fraction of sp³-hybridized carbons (Fsp3) is 0.182. The number of carbonyl (C=O) groups is 1. The molecule has 2 aromatic carbocycles. The number of hydrogen-bond donors (Lipinski definition) is 1. The third kappa shape index (κ3) is 4.83. The van der Waals surface area contributed by atoms with Gasteiger partial charge in [0.2, 0.25) is 5.91 Å². The fourth-order valence-electron chi connectivity index (χ4n) is 2.58. The van der Waals surface area contributed by atoms with Crippen molar-refractivity contribution in [3.05, 3.63) is 70.6 Å². The number of amides is 1. The largest absolute Gasteiger partial charge is 0.493 e. The van der Waals surface area contributed by atoms with Crippen LogP contribution in [0.5, 0.6) is 5.75 Å². The van der Waals surface area contributed by atoms with Crippen LogP contribution in [0.3, 0.4) is 0 Å². The molecule has 0 bridgehead atoms. The van der Waals surface area contributed by atoms with Crippen LogP contribution in [0, 0.1) is 13.8 Å². The molecule has 1 N–H and O–H groups in total. The third-order valence-corrected chi connectivity index (χ3v) is 4.93. The van der Waals surface area contributed by atoms with Crippen LogP contribution in [0.2, 0.25) is 0 Å². The number of rotatable bonds is 6. The van der Waals surface area contributed by atoms with Crippen molar-refractivity contribution < 1.29 is 9.53 Å². The van der Waals surface area contributed by atoms with E-state index in [4.69, 9.17) is 4.74 Å². The molecule has 5 heteroatoms. The Morgan fingerprint density at radius 3 is 2.78 bits per heavy atom. The van der Waals surface area contributed by atoms with E-state index in [1.54, 1.807) is 6.08 Å². The van der Waals surface area contributed by atoms with Crippen LogP contribution in [0.1, 0.15) is 23.6 Å². The number of nitrogens with zero attached hydrogens (tertiary/aromatic N) is 1. The standard InChI is InChI=1S/C22H22N2O2S/c1-4-26-20-8-6-5-7-17(20)11-12-21(25)24-22-23-19(14-27-22)18-10-9-15(2)16(3)13-18/h5-14H,4H2,1-3H3,(H,23,24,25). The van der Waals surface area contributed by atoms with Crippen LogP contribution < -0.4 is 10.1 Å². The van der Waals surface area contributed by atoms with Gasteiger partial charge in [-0.05, 0) is 50.1 Å². The number of carbonyl (C=O) groups excluding carboxylic acids is 1. The first-order valence-corrected chi connectivity index (χ1v) is 9.69. The number of para-hydroxylation sites is 1. The van der Waals surface area contributed by atoms with Crippen molar-refractivity contribution in [1.29, 1.82) is 0 Å². The van der Waals surface area contributed by atoms with E-state index in [2.05, 4.69) is 36.3 Å². The summed E-state index contributed by atoms with van der Waals surface area (Å²) in [5.74, 6) is 0.539. The molecule has 0 unspecified atom stereocenters. The Morgan fingerprint density at radius 2 is 2.00 bits per heavy atom. The number of anilines is 1. The number of ether oxygens (including phenoxy) is 1. The number of benzene rings is 2. The van der Waals surface area contributed by atoms with Gasteiger partial charge < -0.3 is 4.74 Å². The Morgan fingerprint density at radius 1 is 1.19 bits per heavy atom. The number of aryl methyl sites for hydroxylation is 2. The van der Waals surface area contributed by atoms with E-state index >= 15 is 0 Å². The molecule has 1 amide bonds. The van der Waals surface area contributed by atoms with Crippen molar-refractivity contribution in [3.8, 4) is 17.0 Å². The summed E-state index contributed by atoms with van der Waals surface area (Å²) in [6.45, 7) is 6.68. The molecule has 0 fully saturated rings. The Labute approximate surface area is 163 Å². The average Bonchev–Trinajstić information content (AvgIpc) is 3.12. The molecule has 0 spiro atoms. The SMILES string of the molecule is CCOc1ccccc1C=CC(=O)Nc1nc(-c2ccc(C)c(C)c2)cs1. The van der Waals surface area contributed by atoms with Crippen LogP contribution in [0.25, 0.3) is 17.3 Å². The maximum absolute atomic E-state index is 12.2. The summed E-state index contributed by atoms with van der Waals surface area (Å²) in [5.41, 5.74) is 5.26. The molecule has 0 radical (unpaired) electrons. The van der Waals surface area contributed by atoms with Gasteiger partial charge in [0.05, 0.1) is 12.3 Å². The van der Waals surface area contributed by atoms with Crippen molar-refractivity contribution in [2.24, 2.45) is 0 Å².